The van der Waals surface area contributed by atoms with Crippen LogP contribution in [0.15, 0.2) is 24.3 Å². The van der Waals surface area contributed by atoms with Crippen LogP contribution in [0.5, 0.6) is 5.75 Å². The fourth-order valence-corrected chi connectivity index (χ4v) is 3.86. The molecule has 3 atom stereocenters. The molecule has 1 saturated carbocycles. The number of aliphatic carboxylic acids is 1. The lowest BCUT2D eigenvalue weighted by Gasteiger charge is -2.24. The Morgan fingerprint density at radius 3 is 2.64 bits per heavy atom. The molecule has 2 aliphatic rings. The highest BCUT2D eigenvalue weighted by Crippen LogP contribution is 2.42. The number of hydrogen-bond acceptors (Lipinski definition) is 3. The summed E-state index contributed by atoms with van der Waals surface area (Å²) in [4.78, 5) is 25.8. The minimum Gasteiger partial charge on any atom is -0.494 e. The van der Waals surface area contributed by atoms with Gasteiger partial charge in [0, 0.05) is 12.1 Å². The van der Waals surface area contributed by atoms with E-state index in [2.05, 4.69) is 0 Å². The van der Waals surface area contributed by atoms with Crippen LogP contribution in [-0.2, 0) is 4.79 Å². The number of amides is 1. The van der Waals surface area contributed by atoms with Crippen molar-refractivity contribution >= 4 is 11.9 Å². The van der Waals surface area contributed by atoms with Gasteiger partial charge < -0.3 is 14.7 Å². The highest BCUT2D eigenvalue weighted by atomic mass is 16.5. The zero-order chi connectivity index (χ0) is 15.7. The molecule has 5 nitrogen and oxygen atoms in total. The summed E-state index contributed by atoms with van der Waals surface area (Å²) >= 11 is 0. The zero-order valence-corrected chi connectivity index (χ0v) is 12.7. The van der Waals surface area contributed by atoms with Gasteiger partial charge in [-0.3, -0.25) is 4.79 Å². The molecule has 0 bridgehead atoms. The van der Waals surface area contributed by atoms with Crippen molar-refractivity contribution in [2.24, 2.45) is 11.8 Å². The van der Waals surface area contributed by atoms with Crippen LogP contribution < -0.4 is 4.74 Å². The third-order valence-corrected chi connectivity index (χ3v) is 4.82. The maximum atomic E-state index is 12.7. The van der Waals surface area contributed by atoms with Crippen LogP contribution in [0.25, 0.3) is 0 Å². The van der Waals surface area contributed by atoms with Crippen molar-refractivity contribution in [1.29, 1.82) is 0 Å². The molecule has 1 aliphatic heterocycles. The molecule has 5 heteroatoms. The summed E-state index contributed by atoms with van der Waals surface area (Å²) in [6.07, 6.45) is 3.01. The first-order valence-corrected chi connectivity index (χ1v) is 7.88. The number of likely N-dealkylation sites (tertiary alicyclic amines) is 1. The number of hydrogen-bond donors (Lipinski definition) is 1. The summed E-state index contributed by atoms with van der Waals surface area (Å²) in [7, 11) is 0. The number of carbonyl (C=O) groups excluding carboxylic acids is 1. The molecule has 0 radical (unpaired) electrons. The summed E-state index contributed by atoms with van der Waals surface area (Å²) in [5.74, 6) is 0.0996. The average Bonchev–Trinajstić information content (AvgIpc) is 3.07. The molecule has 2 fully saturated rings. The lowest BCUT2D eigenvalue weighted by molar-refractivity contribution is -0.142. The summed E-state index contributed by atoms with van der Waals surface area (Å²) in [6, 6.07) is 6.25. The molecule has 118 valence electrons. The minimum absolute atomic E-state index is 0.115. The number of nitrogens with zero attached hydrogens (tertiary/aromatic N) is 1. The number of carbonyl (C=O) groups is 2. The van der Waals surface area contributed by atoms with Crippen LogP contribution in [0, 0.1) is 11.8 Å². The molecule has 0 aromatic heterocycles. The number of carboxylic acids is 1. The van der Waals surface area contributed by atoms with E-state index in [0.29, 0.717) is 30.4 Å². The normalized spacial score (nSPS) is 26.8. The van der Waals surface area contributed by atoms with Crippen LogP contribution in [0.2, 0.25) is 0 Å². The third kappa shape index (κ3) is 2.56. The van der Waals surface area contributed by atoms with Crippen molar-refractivity contribution in [3.8, 4) is 5.75 Å². The van der Waals surface area contributed by atoms with Gasteiger partial charge in [0.25, 0.3) is 5.91 Å². The number of ether oxygens (including phenoxy) is 1. The summed E-state index contributed by atoms with van der Waals surface area (Å²) in [5, 5.41) is 9.53. The van der Waals surface area contributed by atoms with E-state index in [1.807, 2.05) is 6.92 Å². The molecule has 1 aromatic rings. The molecule has 3 unspecified atom stereocenters. The molecule has 1 heterocycles. The Morgan fingerprint density at radius 2 is 2.00 bits per heavy atom. The van der Waals surface area contributed by atoms with Crippen LogP contribution in [0.4, 0.5) is 0 Å². The van der Waals surface area contributed by atoms with E-state index < -0.39 is 12.0 Å². The summed E-state index contributed by atoms with van der Waals surface area (Å²) in [6.45, 7) is 3.04. The van der Waals surface area contributed by atoms with Crippen LogP contribution in [-0.4, -0.2) is 41.1 Å². The Morgan fingerprint density at radius 1 is 1.27 bits per heavy atom. The predicted molar refractivity (Wildman–Crippen MR) is 80.9 cm³/mol. The van der Waals surface area contributed by atoms with Crippen LogP contribution in [0.3, 0.4) is 0 Å². The van der Waals surface area contributed by atoms with Crippen molar-refractivity contribution in [1.82, 2.24) is 4.90 Å². The second-order valence-corrected chi connectivity index (χ2v) is 6.05. The molecule has 1 aliphatic carbocycles. The molecule has 1 saturated heterocycles. The molecule has 1 aromatic carbocycles. The van der Waals surface area contributed by atoms with Gasteiger partial charge in [-0.25, -0.2) is 4.79 Å². The number of carboxylic acid groups (broad SMARTS) is 1. The van der Waals surface area contributed by atoms with E-state index in [1.165, 1.54) is 0 Å². The fraction of sp³-hybridized carbons (Fsp3) is 0.529. The Labute approximate surface area is 129 Å². The van der Waals surface area contributed by atoms with Gasteiger partial charge in [0.2, 0.25) is 0 Å². The van der Waals surface area contributed by atoms with Gasteiger partial charge in [-0.05, 0) is 55.9 Å². The van der Waals surface area contributed by atoms with Crippen molar-refractivity contribution in [2.75, 3.05) is 13.2 Å². The Hall–Kier alpha value is -2.04. The van der Waals surface area contributed by atoms with Crippen molar-refractivity contribution in [3.05, 3.63) is 29.8 Å². The standard InChI is InChI=1S/C17H21NO4/c1-2-22-13-8-6-11(7-9-13)16(19)18-10-12-4-3-5-14(12)15(18)17(20)21/h6-9,12,14-15H,2-5,10H2,1H3,(H,20,21). The Kier molecular flexibility index (Phi) is 4.05. The van der Waals surface area contributed by atoms with Crippen molar-refractivity contribution in [2.45, 2.75) is 32.2 Å². The average molecular weight is 303 g/mol. The topological polar surface area (TPSA) is 66.8 Å². The predicted octanol–water partition coefficient (Wildman–Crippen LogP) is 2.41. The highest BCUT2D eigenvalue weighted by molar-refractivity contribution is 5.97. The number of benzene rings is 1. The first-order chi connectivity index (χ1) is 10.6. The third-order valence-electron chi connectivity index (χ3n) is 4.82. The van der Waals surface area contributed by atoms with Gasteiger partial charge in [-0.15, -0.1) is 0 Å². The molecule has 3 rings (SSSR count). The summed E-state index contributed by atoms with van der Waals surface area (Å²) < 4.78 is 5.37. The van der Waals surface area contributed by atoms with Gasteiger partial charge in [-0.1, -0.05) is 6.42 Å². The summed E-state index contributed by atoms with van der Waals surface area (Å²) in [5.41, 5.74) is 0.523. The lowest BCUT2D eigenvalue weighted by Crippen LogP contribution is -2.43. The quantitative estimate of drug-likeness (QED) is 0.927. The monoisotopic (exact) mass is 303 g/mol. The lowest BCUT2D eigenvalue weighted by atomic mass is 9.94. The maximum Gasteiger partial charge on any atom is 0.326 e. The first kappa shape index (κ1) is 14.9. The van der Waals surface area contributed by atoms with E-state index in [-0.39, 0.29) is 11.8 Å². The Bertz CT molecular complexity index is 569. The van der Waals surface area contributed by atoms with Crippen molar-refractivity contribution < 1.29 is 19.4 Å². The second kappa shape index (κ2) is 5.99. The zero-order valence-electron chi connectivity index (χ0n) is 12.7. The molecule has 22 heavy (non-hydrogen) atoms. The number of fused-ring (bicyclic) bond motifs is 1. The highest BCUT2D eigenvalue weighted by Gasteiger charge is 2.49. The van der Waals surface area contributed by atoms with Crippen LogP contribution >= 0.6 is 0 Å². The second-order valence-electron chi connectivity index (χ2n) is 6.05. The molecule has 1 amide bonds. The van der Waals surface area contributed by atoms with Crippen LogP contribution in [0.1, 0.15) is 36.5 Å². The molecule has 0 spiro atoms. The Balaban J connectivity index is 1.80. The smallest absolute Gasteiger partial charge is 0.326 e. The van der Waals surface area contributed by atoms with E-state index in [0.717, 1.165) is 19.3 Å². The number of rotatable bonds is 4. The van der Waals surface area contributed by atoms with E-state index in [4.69, 9.17) is 4.74 Å². The SMILES string of the molecule is CCOc1ccc(C(=O)N2CC3CCCC3C2C(=O)O)cc1. The largest absolute Gasteiger partial charge is 0.494 e. The van der Waals surface area contributed by atoms with Gasteiger partial charge >= 0.3 is 5.97 Å². The molecule has 1 N–H and O–H groups in total. The van der Waals surface area contributed by atoms with Gasteiger partial charge in [0.05, 0.1) is 6.61 Å². The van der Waals surface area contributed by atoms with E-state index in [9.17, 15) is 14.7 Å². The van der Waals surface area contributed by atoms with Gasteiger partial charge in [0.1, 0.15) is 11.8 Å². The first-order valence-electron chi connectivity index (χ1n) is 7.88. The molecular weight excluding hydrogens is 282 g/mol. The van der Waals surface area contributed by atoms with E-state index in [1.54, 1.807) is 29.2 Å². The maximum absolute atomic E-state index is 12.7. The van der Waals surface area contributed by atoms with Gasteiger partial charge in [-0.2, -0.15) is 0 Å². The minimum atomic E-state index is -0.881. The van der Waals surface area contributed by atoms with E-state index >= 15 is 0 Å². The molecular formula is C17H21NO4. The van der Waals surface area contributed by atoms with Gasteiger partial charge in [0.15, 0.2) is 0 Å². The van der Waals surface area contributed by atoms with Crippen molar-refractivity contribution in [3.63, 3.8) is 0 Å². The fourth-order valence-electron chi connectivity index (χ4n) is 3.86.